The molecule has 0 saturated heterocycles. The van der Waals surface area contributed by atoms with E-state index in [1.165, 1.54) is 0 Å². The Morgan fingerprint density at radius 3 is 1.71 bits per heavy atom. The lowest BCUT2D eigenvalue weighted by atomic mass is 10.0. The summed E-state index contributed by atoms with van der Waals surface area (Å²) in [5.74, 6) is -0.862. The number of benzene rings is 3. The third-order valence-corrected chi connectivity index (χ3v) is 4.74. The Morgan fingerprint density at radius 2 is 1.19 bits per heavy atom. The number of rotatable bonds is 9. The van der Waals surface area contributed by atoms with Crippen LogP contribution in [0.25, 0.3) is 0 Å². The minimum atomic E-state index is -0.814. The maximum absolute atomic E-state index is 12.8. The fourth-order valence-electron chi connectivity index (χ4n) is 3.11. The van der Waals surface area contributed by atoms with Crippen LogP contribution in [0.4, 0.5) is 0 Å². The minimum Gasteiger partial charge on any atom is -0.459 e. The molecular weight excluding hydrogens is 456 g/mol. The van der Waals surface area contributed by atoms with Gasteiger partial charge in [-0.2, -0.15) is 0 Å². The summed E-state index contributed by atoms with van der Waals surface area (Å²) in [5, 5.41) is 2.78. The molecule has 31 heavy (non-hydrogen) atoms. The molecule has 1 amide bonds. The highest BCUT2D eigenvalue weighted by molar-refractivity contribution is 8.93. The zero-order valence-corrected chi connectivity index (χ0v) is 18.9. The summed E-state index contributed by atoms with van der Waals surface area (Å²) in [7, 11) is 0. The van der Waals surface area contributed by atoms with Crippen molar-refractivity contribution in [2.45, 2.75) is 31.5 Å². The highest BCUT2D eigenvalue weighted by Gasteiger charge is 2.25. The molecule has 0 aliphatic rings. The zero-order valence-electron chi connectivity index (χ0n) is 17.1. The second-order valence-corrected chi connectivity index (χ2v) is 7.14. The molecule has 3 aromatic carbocycles. The van der Waals surface area contributed by atoms with Gasteiger partial charge in [0.1, 0.15) is 12.6 Å². The fourth-order valence-corrected chi connectivity index (χ4v) is 3.11. The van der Waals surface area contributed by atoms with Crippen molar-refractivity contribution in [2.24, 2.45) is 5.73 Å². The molecular formula is C25H27BrN2O3. The number of nitrogens with one attached hydrogen (secondary N) is 1. The third kappa shape index (κ3) is 8.00. The summed E-state index contributed by atoms with van der Waals surface area (Å²) < 4.78 is 5.47. The third-order valence-electron chi connectivity index (χ3n) is 4.74. The summed E-state index contributed by atoms with van der Waals surface area (Å²) in [4.78, 5) is 25.4. The Kier molecular flexibility index (Phi) is 9.94. The number of carbonyl (C=O) groups is 2. The predicted octanol–water partition coefficient (Wildman–Crippen LogP) is 3.61. The SMILES string of the molecule is Br.N[C@@H](Cc1ccccc1)C(=O)N[C@@H](Cc1ccccc1)C(=O)OCc1ccccc1. The monoisotopic (exact) mass is 482 g/mol. The number of hydrogen-bond donors (Lipinski definition) is 2. The largest absolute Gasteiger partial charge is 0.459 e. The second-order valence-electron chi connectivity index (χ2n) is 7.14. The van der Waals surface area contributed by atoms with Gasteiger partial charge in [0.15, 0.2) is 0 Å². The van der Waals surface area contributed by atoms with E-state index in [1.54, 1.807) is 0 Å². The number of carbonyl (C=O) groups excluding carboxylic acids is 2. The minimum absolute atomic E-state index is 0. The van der Waals surface area contributed by atoms with Gasteiger partial charge in [0.05, 0.1) is 6.04 Å². The number of ether oxygens (including phenoxy) is 1. The van der Waals surface area contributed by atoms with Crippen LogP contribution in [-0.2, 0) is 33.8 Å². The molecule has 0 aromatic heterocycles. The standard InChI is InChI=1S/C25H26N2O3.BrH/c26-22(16-19-10-4-1-5-11-19)24(28)27-23(17-20-12-6-2-7-13-20)25(29)30-18-21-14-8-3-9-15-21;/h1-15,22-23H,16-18,26H2,(H,27,28);1H/t22-,23-;/m0./s1. The van der Waals surface area contributed by atoms with Crippen molar-refractivity contribution in [1.82, 2.24) is 5.32 Å². The van der Waals surface area contributed by atoms with Crippen molar-refractivity contribution >= 4 is 28.9 Å². The van der Waals surface area contributed by atoms with Gasteiger partial charge < -0.3 is 15.8 Å². The molecule has 162 valence electrons. The molecule has 3 N–H and O–H groups in total. The van der Waals surface area contributed by atoms with Gasteiger partial charge in [0, 0.05) is 6.42 Å². The molecule has 3 rings (SSSR count). The number of amides is 1. The van der Waals surface area contributed by atoms with E-state index in [2.05, 4.69) is 5.32 Å². The Balaban J connectivity index is 0.00000341. The van der Waals surface area contributed by atoms with Gasteiger partial charge in [-0.25, -0.2) is 4.79 Å². The van der Waals surface area contributed by atoms with Gasteiger partial charge in [0.2, 0.25) is 5.91 Å². The molecule has 0 aliphatic carbocycles. The Morgan fingerprint density at radius 1 is 0.742 bits per heavy atom. The molecule has 0 bridgehead atoms. The van der Waals surface area contributed by atoms with Crippen LogP contribution in [0.5, 0.6) is 0 Å². The zero-order chi connectivity index (χ0) is 21.2. The van der Waals surface area contributed by atoms with E-state index in [9.17, 15) is 9.59 Å². The summed E-state index contributed by atoms with van der Waals surface area (Å²) in [6.45, 7) is 0.150. The van der Waals surface area contributed by atoms with Crippen LogP contribution in [0.2, 0.25) is 0 Å². The lowest BCUT2D eigenvalue weighted by Crippen LogP contribution is -2.50. The van der Waals surface area contributed by atoms with E-state index in [0.29, 0.717) is 12.8 Å². The van der Waals surface area contributed by atoms with Gasteiger partial charge in [-0.05, 0) is 23.1 Å². The first kappa shape index (κ1) is 24.3. The van der Waals surface area contributed by atoms with E-state index in [4.69, 9.17) is 10.5 Å². The molecule has 0 fully saturated rings. The predicted molar refractivity (Wildman–Crippen MR) is 127 cm³/mol. The highest BCUT2D eigenvalue weighted by atomic mass is 79.9. The van der Waals surface area contributed by atoms with Crippen LogP contribution < -0.4 is 11.1 Å². The van der Waals surface area contributed by atoms with Crippen LogP contribution in [-0.4, -0.2) is 24.0 Å². The Bertz CT molecular complexity index is 937. The molecule has 0 heterocycles. The van der Waals surface area contributed by atoms with E-state index in [1.807, 2.05) is 91.0 Å². The molecule has 0 unspecified atom stereocenters. The lowest BCUT2D eigenvalue weighted by molar-refractivity contribution is -0.149. The molecule has 0 aliphatic heterocycles. The highest BCUT2D eigenvalue weighted by Crippen LogP contribution is 2.08. The van der Waals surface area contributed by atoms with Gasteiger partial charge in [-0.1, -0.05) is 91.0 Å². The molecule has 0 spiro atoms. The topological polar surface area (TPSA) is 81.4 Å². The van der Waals surface area contributed by atoms with E-state index in [0.717, 1.165) is 16.7 Å². The molecule has 0 radical (unpaired) electrons. The summed E-state index contributed by atoms with van der Waals surface area (Å²) >= 11 is 0. The van der Waals surface area contributed by atoms with Gasteiger partial charge in [0.25, 0.3) is 0 Å². The Labute approximate surface area is 193 Å². The number of halogens is 1. The van der Waals surface area contributed by atoms with Crippen molar-refractivity contribution in [3.8, 4) is 0 Å². The number of esters is 1. The van der Waals surface area contributed by atoms with Gasteiger partial charge in [-0.15, -0.1) is 17.0 Å². The second kappa shape index (κ2) is 12.7. The van der Waals surface area contributed by atoms with E-state index < -0.39 is 18.1 Å². The average Bonchev–Trinajstić information content (AvgIpc) is 2.79. The quantitative estimate of drug-likeness (QED) is 0.456. The number of nitrogens with two attached hydrogens (primary N) is 1. The Hall–Kier alpha value is -2.96. The van der Waals surface area contributed by atoms with E-state index in [-0.39, 0.29) is 29.5 Å². The first-order valence-corrected chi connectivity index (χ1v) is 9.96. The normalized spacial score (nSPS) is 12.2. The lowest BCUT2D eigenvalue weighted by Gasteiger charge is -2.20. The van der Waals surface area contributed by atoms with Crippen LogP contribution in [0.15, 0.2) is 91.0 Å². The molecule has 6 heteroatoms. The summed E-state index contributed by atoms with van der Waals surface area (Å²) in [6, 6.07) is 26.9. The molecule has 5 nitrogen and oxygen atoms in total. The average molecular weight is 483 g/mol. The number of hydrogen-bond acceptors (Lipinski definition) is 4. The molecule has 0 saturated carbocycles. The van der Waals surface area contributed by atoms with Crippen LogP contribution in [0, 0.1) is 0 Å². The van der Waals surface area contributed by atoms with Crippen molar-refractivity contribution in [1.29, 1.82) is 0 Å². The van der Waals surface area contributed by atoms with Gasteiger partial charge in [-0.3, -0.25) is 4.79 Å². The smallest absolute Gasteiger partial charge is 0.329 e. The fraction of sp³-hybridized carbons (Fsp3) is 0.200. The maximum atomic E-state index is 12.8. The summed E-state index contributed by atoms with van der Waals surface area (Å²) in [5.41, 5.74) is 8.87. The first-order valence-electron chi connectivity index (χ1n) is 9.96. The van der Waals surface area contributed by atoms with Crippen molar-refractivity contribution in [3.63, 3.8) is 0 Å². The van der Waals surface area contributed by atoms with Crippen LogP contribution in [0.1, 0.15) is 16.7 Å². The van der Waals surface area contributed by atoms with Crippen LogP contribution in [0.3, 0.4) is 0 Å². The van der Waals surface area contributed by atoms with E-state index >= 15 is 0 Å². The van der Waals surface area contributed by atoms with Crippen molar-refractivity contribution in [2.75, 3.05) is 0 Å². The molecule has 2 atom stereocenters. The maximum Gasteiger partial charge on any atom is 0.329 e. The van der Waals surface area contributed by atoms with Crippen molar-refractivity contribution in [3.05, 3.63) is 108 Å². The molecule has 3 aromatic rings. The van der Waals surface area contributed by atoms with Crippen molar-refractivity contribution < 1.29 is 14.3 Å². The first-order chi connectivity index (χ1) is 14.6. The van der Waals surface area contributed by atoms with Crippen LogP contribution >= 0.6 is 17.0 Å². The van der Waals surface area contributed by atoms with Gasteiger partial charge >= 0.3 is 5.97 Å². The summed E-state index contributed by atoms with van der Waals surface area (Å²) in [6.07, 6.45) is 0.724.